The van der Waals surface area contributed by atoms with Crippen LogP contribution in [0.4, 0.5) is 0 Å². The van der Waals surface area contributed by atoms with Gasteiger partial charge in [-0.3, -0.25) is 0 Å². The van der Waals surface area contributed by atoms with Gasteiger partial charge in [0.2, 0.25) is 0 Å². The molecule has 2 aromatic carbocycles. The highest BCUT2D eigenvalue weighted by molar-refractivity contribution is 5.85. The summed E-state index contributed by atoms with van der Waals surface area (Å²) in [6.07, 6.45) is 5.15. The molecule has 2 N–H and O–H groups in total. The van der Waals surface area contributed by atoms with Crippen molar-refractivity contribution in [3.8, 4) is 0 Å². The third-order valence-electron chi connectivity index (χ3n) is 7.07. The fraction of sp³-hybridized carbons (Fsp3) is 0.538. The molecule has 0 aliphatic carbocycles. The van der Waals surface area contributed by atoms with Crippen LogP contribution < -0.4 is 0 Å². The number of piperidine rings is 2. The van der Waals surface area contributed by atoms with E-state index in [4.69, 9.17) is 0 Å². The molecule has 0 spiro atoms. The third-order valence-corrected chi connectivity index (χ3v) is 7.07. The summed E-state index contributed by atoms with van der Waals surface area (Å²) in [6.45, 7) is 6.24. The summed E-state index contributed by atoms with van der Waals surface area (Å²) in [5, 5.41) is 23.1. The maximum Gasteiger partial charge on any atom is 0.0977 e. The van der Waals surface area contributed by atoms with E-state index in [9.17, 15) is 10.2 Å². The molecule has 0 radical (unpaired) electrons. The molecule has 0 saturated carbocycles. The normalized spacial score (nSPS) is 25.4. The Morgan fingerprint density at radius 1 is 0.812 bits per heavy atom. The van der Waals surface area contributed by atoms with Crippen LogP contribution in [0, 0.1) is 5.92 Å². The van der Waals surface area contributed by atoms with Crippen LogP contribution >= 0.6 is 24.8 Å². The van der Waals surface area contributed by atoms with E-state index in [2.05, 4.69) is 9.80 Å². The fourth-order valence-corrected chi connectivity index (χ4v) is 5.27. The molecule has 2 saturated heterocycles. The number of aliphatic hydroxyl groups is 2. The Hall–Kier alpha value is -1.14. The Kier molecular flexibility index (Phi) is 11.0. The second kappa shape index (κ2) is 12.9. The lowest BCUT2D eigenvalue weighted by molar-refractivity contribution is -0.122. The van der Waals surface area contributed by atoms with Crippen molar-refractivity contribution in [1.29, 1.82) is 0 Å². The Morgan fingerprint density at radius 2 is 1.41 bits per heavy atom. The zero-order valence-electron chi connectivity index (χ0n) is 18.8. The van der Waals surface area contributed by atoms with Crippen molar-refractivity contribution >= 4 is 24.8 Å². The molecule has 4 rings (SSSR count). The van der Waals surface area contributed by atoms with Gasteiger partial charge in [-0.25, -0.2) is 0 Å². The maximum absolute atomic E-state index is 11.8. The van der Waals surface area contributed by atoms with Crippen molar-refractivity contribution in [3.63, 3.8) is 0 Å². The van der Waals surface area contributed by atoms with E-state index in [-0.39, 0.29) is 30.7 Å². The standard InChI is InChI=1S/C26H36N2O2.2ClH/c29-25(22-11-4-1-5-12-22)24-21-28(19-10-18-27-16-8-3-9-17-27)20-15-26(24,30)23-13-6-2-7-14-23;;/h1-2,4-7,11-14,24-25,29-30H,3,8-10,15-21H2;2*1H. The van der Waals surface area contributed by atoms with Crippen LogP contribution in [0.25, 0.3) is 0 Å². The second-order valence-corrected chi connectivity index (χ2v) is 9.06. The van der Waals surface area contributed by atoms with Crippen molar-refractivity contribution in [2.75, 3.05) is 39.3 Å². The van der Waals surface area contributed by atoms with Crippen LogP contribution in [-0.2, 0) is 5.60 Å². The predicted molar refractivity (Wildman–Crippen MR) is 136 cm³/mol. The van der Waals surface area contributed by atoms with Crippen molar-refractivity contribution in [1.82, 2.24) is 9.80 Å². The zero-order chi connectivity index (χ0) is 20.8. The van der Waals surface area contributed by atoms with Crippen LogP contribution in [0.15, 0.2) is 60.7 Å². The highest BCUT2D eigenvalue weighted by Crippen LogP contribution is 2.43. The van der Waals surface area contributed by atoms with Gasteiger partial charge in [-0.05, 0) is 63.0 Å². The molecule has 3 atom stereocenters. The van der Waals surface area contributed by atoms with Gasteiger partial charge in [0.05, 0.1) is 11.7 Å². The van der Waals surface area contributed by atoms with Crippen LogP contribution in [0.5, 0.6) is 0 Å². The number of hydrogen-bond donors (Lipinski definition) is 2. The number of aliphatic hydroxyl groups excluding tert-OH is 1. The minimum Gasteiger partial charge on any atom is -0.388 e. The van der Waals surface area contributed by atoms with E-state index in [1.807, 2.05) is 60.7 Å². The second-order valence-electron chi connectivity index (χ2n) is 9.06. The lowest BCUT2D eigenvalue weighted by Gasteiger charge is -2.47. The van der Waals surface area contributed by atoms with E-state index < -0.39 is 11.7 Å². The molecule has 2 aromatic rings. The third kappa shape index (κ3) is 6.47. The van der Waals surface area contributed by atoms with Gasteiger partial charge in [-0.15, -0.1) is 24.8 Å². The minimum absolute atomic E-state index is 0. The number of halogens is 2. The molecule has 32 heavy (non-hydrogen) atoms. The van der Waals surface area contributed by atoms with Gasteiger partial charge in [-0.1, -0.05) is 67.1 Å². The molecular weight excluding hydrogens is 443 g/mol. The van der Waals surface area contributed by atoms with Gasteiger partial charge in [0.1, 0.15) is 0 Å². The molecule has 6 heteroatoms. The molecular formula is C26H38Cl2N2O2. The summed E-state index contributed by atoms with van der Waals surface area (Å²) in [6, 6.07) is 19.7. The SMILES string of the molecule is Cl.Cl.OC(c1ccccc1)C1CN(CCCN2CCCCC2)CCC1(O)c1ccccc1. The molecule has 0 bridgehead atoms. The molecule has 2 aliphatic heterocycles. The van der Waals surface area contributed by atoms with Crippen LogP contribution in [0.1, 0.15) is 49.3 Å². The quantitative estimate of drug-likeness (QED) is 0.605. The first-order chi connectivity index (χ1) is 14.7. The van der Waals surface area contributed by atoms with Crippen molar-refractivity contribution in [2.24, 2.45) is 5.92 Å². The highest BCUT2D eigenvalue weighted by Gasteiger charge is 2.46. The smallest absolute Gasteiger partial charge is 0.0977 e. The number of likely N-dealkylation sites (tertiary alicyclic amines) is 2. The summed E-state index contributed by atoms with van der Waals surface area (Å²) >= 11 is 0. The van der Waals surface area contributed by atoms with E-state index in [1.165, 1.54) is 32.4 Å². The number of rotatable bonds is 7. The van der Waals surface area contributed by atoms with E-state index >= 15 is 0 Å². The van der Waals surface area contributed by atoms with Gasteiger partial charge in [0.25, 0.3) is 0 Å². The minimum atomic E-state index is -1.01. The van der Waals surface area contributed by atoms with E-state index in [1.54, 1.807) is 0 Å². The molecule has 2 fully saturated rings. The number of nitrogens with zero attached hydrogens (tertiary/aromatic N) is 2. The number of hydrogen-bond acceptors (Lipinski definition) is 4. The Morgan fingerprint density at radius 3 is 2.06 bits per heavy atom. The Labute approximate surface area is 205 Å². The first-order valence-corrected chi connectivity index (χ1v) is 11.6. The Balaban J connectivity index is 0.00000181. The average molecular weight is 482 g/mol. The van der Waals surface area contributed by atoms with Gasteiger partial charge >= 0.3 is 0 Å². The molecule has 0 aromatic heterocycles. The average Bonchev–Trinajstić information content (AvgIpc) is 2.81. The van der Waals surface area contributed by atoms with Crippen LogP contribution in [0.3, 0.4) is 0 Å². The van der Waals surface area contributed by atoms with Crippen molar-refractivity contribution in [3.05, 3.63) is 71.8 Å². The maximum atomic E-state index is 11.8. The van der Waals surface area contributed by atoms with Gasteiger partial charge < -0.3 is 20.0 Å². The monoisotopic (exact) mass is 480 g/mol. The van der Waals surface area contributed by atoms with Crippen molar-refractivity contribution in [2.45, 2.75) is 43.8 Å². The molecule has 2 heterocycles. The van der Waals surface area contributed by atoms with Gasteiger partial charge in [0.15, 0.2) is 0 Å². The summed E-state index contributed by atoms with van der Waals surface area (Å²) < 4.78 is 0. The summed E-state index contributed by atoms with van der Waals surface area (Å²) in [5.74, 6) is -0.258. The van der Waals surface area contributed by atoms with Gasteiger partial charge in [-0.2, -0.15) is 0 Å². The zero-order valence-corrected chi connectivity index (χ0v) is 20.4. The summed E-state index contributed by atoms with van der Waals surface area (Å²) in [7, 11) is 0. The number of benzene rings is 2. The predicted octanol–water partition coefficient (Wildman–Crippen LogP) is 4.65. The highest BCUT2D eigenvalue weighted by atomic mass is 35.5. The first-order valence-electron chi connectivity index (χ1n) is 11.6. The van der Waals surface area contributed by atoms with Crippen molar-refractivity contribution < 1.29 is 10.2 Å². The first kappa shape index (κ1) is 27.1. The molecule has 0 amide bonds. The summed E-state index contributed by atoms with van der Waals surface area (Å²) in [5.41, 5.74) is 0.782. The van der Waals surface area contributed by atoms with Gasteiger partial charge in [0, 0.05) is 19.0 Å². The largest absolute Gasteiger partial charge is 0.388 e. The topological polar surface area (TPSA) is 46.9 Å². The van der Waals surface area contributed by atoms with E-state index in [0.717, 1.165) is 37.2 Å². The lowest BCUT2D eigenvalue weighted by Crippen LogP contribution is -2.52. The molecule has 2 aliphatic rings. The molecule has 4 nitrogen and oxygen atoms in total. The fourth-order valence-electron chi connectivity index (χ4n) is 5.27. The lowest BCUT2D eigenvalue weighted by atomic mass is 9.72. The Bertz CT molecular complexity index is 774. The molecule has 3 unspecified atom stereocenters. The van der Waals surface area contributed by atoms with Crippen LogP contribution in [0.2, 0.25) is 0 Å². The summed E-state index contributed by atoms with van der Waals surface area (Å²) in [4.78, 5) is 5.03. The van der Waals surface area contributed by atoms with Crippen LogP contribution in [-0.4, -0.2) is 59.3 Å². The van der Waals surface area contributed by atoms with E-state index in [0.29, 0.717) is 13.0 Å². The molecule has 178 valence electrons.